The first-order valence-corrected chi connectivity index (χ1v) is 8.94. The van der Waals surface area contributed by atoms with Crippen molar-refractivity contribution in [1.82, 2.24) is 10.4 Å². The Morgan fingerprint density at radius 3 is 2.17 bits per heavy atom. The minimum Gasteiger partial charge on any atom is -0.267 e. The molecule has 0 aliphatic carbocycles. The molecule has 5 nitrogen and oxygen atoms in total. The molecule has 1 aliphatic heterocycles. The molecule has 3 aromatic rings. The molecule has 1 aliphatic rings. The molecule has 4 rings (SSSR count). The summed E-state index contributed by atoms with van der Waals surface area (Å²) in [7, 11) is 0. The molecule has 0 unspecified atom stereocenters. The SMILES string of the molecule is O=C1NN(C(=O)c2ccc(F)cc2)C(c2ccccc2)=N/C1=C/c1ccccc1. The Labute approximate surface area is 166 Å². The second-order valence-electron chi connectivity index (χ2n) is 6.33. The fourth-order valence-electron chi connectivity index (χ4n) is 2.88. The lowest BCUT2D eigenvalue weighted by Crippen LogP contribution is -2.53. The second-order valence-corrected chi connectivity index (χ2v) is 6.33. The van der Waals surface area contributed by atoms with E-state index < -0.39 is 17.6 Å². The number of nitrogens with zero attached hydrogens (tertiary/aromatic N) is 2. The van der Waals surface area contributed by atoms with Gasteiger partial charge in [-0.05, 0) is 35.9 Å². The summed E-state index contributed by atoms with van der Waals surface area (Å²) in [6, 6.07) is 23.5. The van der Waals surface area contributed by atoms with Crippen LogP contribution >= 0.6 is 0 Å². The van der Waals surface area contributed by atoms with Crippen LogP contribution in [0.3, 0.4) is 0 Å². The van der Waals surface area contributed by atoms with Crippen LogP contribution in [-0.2, 0) is 4.79 Å². The van der Waals surface area contributed by atoms with Gasteiger partial charge in [-0.2, -0.15) is 5.01 Å². The van der Waals surface area contributed by atoms with Gasteiger partial charge in [-0.15, -0.1) is 0 Å². The van der Waals surface area contributed by atoms with Crippen molar-refractivity contribution in [3.05, 3.63) is 113 Å². The Balaban J connectivity index is 1.78. The molecule has 142 valence electrons. The lowest BCUT2D eigenvalue weighted by Gasteiger charge is -2.28. The van der Waals surface area contributed by atoms with Crippen LogP contribution in [0.15, 0.2) is 95.6 Å². The third-order valence-electron chi connectivity index (χ3n) is 4.31. The van der Waals surface area contributed by atoms with E-state index in [4.69, 9.17) is 0 Å². The van der Waals surface area contributed by atoms with Crippen molar-refractivity contribution >= 4 is 23.7 Å². The molecule has 0 radical (unpaired) electrons. The van der Waals surface area contributed by atoms with Gasteiger partial charge in [-0.3, -0.25) is 15.0 Å². The molecule has 1 N–H and O–H groups in total. The van der Waals surface area contributed by atoms with Gasteiger partial charge in [0.15, 0.2) is 5.84 Å². The quantitative estimate of drug-likeness (QED) is 0.697. The Hall–Kier alpha value is -4.06. The number of nitrogens with one attached hydrogen (secondary N) is 1. The first-order valence-electron chi connectivity index (χ1n) is 8.94. The zero-order valence-electron chi connectivity index (χ0n) is 15.2. The first kappa shape index (κ1) is 18.3. The first-order chi connectivity index (χ1) is 14.1. The highest BCUT2D eigenvalue weighted by molar-refractivity contribution is 6.18. The highest BCUT2D eigenvalue weighted by atomic mass is 19.1. The molecular weight excluding hydrogens is 369 g/mol. The van der Waals surface area contributed by atoms with Gasteiger partial charge in [0.2, 0.25) is 0 Å². The normalized spacial score (nSPS) is 15.1. The maximum Gasteiger partial charge on any atom is 0.288 e. The van der Waals surface area contributed by atoms with Crippen molar-refractivity contribution < 1.29 is 14.0 Å². The summed E-state index contributed by atoms with van der Waals surface area (Å²) in [4.78, 5) is 30.1. The van der Waals surface area contributed by atoms with Crippen LogP contribution in [0.4, 0.5) is 4.39 Å². The highest BCUT2D eigenvalue weighted by Gasteiger charge is 2.30. The molecule has 2 amide bonds. The van der Waals surface area contributed by atoms with E-state index in [0.29, 0.717) is 5.56 Å². The minimum absolute atomic E-state index is 0.179. The standard InChI is InChI=1S/C23H16FN3O2/c24-19-13-11-18(12-14-19)23(29)27-21(17-9-5-2-6-10-17)25-20(22(28)26-27)15-16-7-3-1-4-8-16/h1-15H,(H,26,28)/b20-15+. The number of benzene rings is 3. The van der Waals surface area contributed by atoms with Crippen LogP contribution in [0.2, 0.25) is 0 Å². The van der Waals surface area contributed by atoms with Crippen LogP contribution < -0.4 is 5.43 Å². The highest BCUT2D eigenvalue weighted by Crippen LogP contribution is 2.18. The maximum atomic E-state index is 13.2. The molecule has 0 aromatic heterocycles. The summed E-state index contributed by atoms with van der Waals surface area (Å²) in [5, 5.41) is 1.09. The lowest BCUT2D eigenvalue weighted by atomic mass is 10.1. The van der Waals surface area contributed by atoms with Crippen LogP contribution in [0, 0.1) is 5.82 Å². The van der Waals surface area contributed by atoms with Gasteiger partial charge in [0.25, 0.3) is 11.8 Å². The van der Waals surface area contributed by atoms with Crippen molar-refractivity contribution in [1.29, 1.82) is 0 Å². The fourth-order valence-corrected chi connectivity index (χ4v) is 2.88. The van der Waals surface area contributed by atoms with Gasteiger partial charge in [-0.25, -0.2) is 9.38 Å². The van der Waals surface area contributed by atoms with Crippen molar-refractivity contribution in [2.24, 2.45) is 4.99 Å². The van der Waals surface area contributed by atoms with E-state index in [1.54, 1.807) is 18.2 Å². The molecule has 6 heteroatoms. The smallest absolute Gasteiger partial charge is 0.267 e. The van der Waals surface area contributed by atoms with Crippen molar-refractivity contribution in [2.45, 2.75) is 0 Å². The van der Waals surface area contributed by atoms with E-state index in [2.05, 4.69) is 10.4 Å². The Morgan fingerprint density at radius 2 is 1.52 bits per heavy atom. The zero-order valence-corrected chi connectivity index (χ0v) is 15.2. The van der Waals surface area contributed by atoms with E-state index in [1.165, 1.54) is 24.3 Å². The summed E-state index contributed by atoms with van der Waals surface area (Å²) in [6.07, 6.45) is 1.65. The Morgan fingerprint density at radius 1 is 0.897 bits per heavy atom. The molecule has 3 aromatic carbocycles. The van der Waals surface area contributed by atoms with Gasteiger partial charge in [0.05, 0.1) is 0 Å². The van der Waals surface area contributed by atoms with Crippen molar-refractivity contribution in [3.8, 4) is 0 Å². The predicted molar refractivity (Wildman–Crippen MR) is 108 cm³/mol. The maximum absolute atomic E-state index is 13.2. The number of amidine groups is 1. The number of hydrazine groups is 1. The zero-order chi connectivity index (χ0) is 20.2. The third kappa shape index (κ3) is 3.96. The van der Waals surface area contributed by atoms with Gasteiger partial charge in [0, 0.05) is 11.1 Å². The molecule has 0 bridgehead atoms. The van der Waals surface area contributed by atoms with E-state index in [1.807, 2.05) is 48.5 Å². The van der Waals surface area contributed by atoms with Crippen LogP contribution in [0.1, 0.15) is 21.5 Å². The number of rotatable bonds is 3. The number of carbonyl (C=O) groups is 2. The van der Waals surface area contributed by atoms with Crippen LogP contribution in [0.25, 0.3) is 6.08 Å². The Kier molecular flexibility index (Phi) is 4.99. The molecule has 0 spiro atoms. The minimum atomic E-state index is -0.514. The van der Waals surface area contributed by atoms with E-state index in [9.17, 15) is 14.0 Å². The average Bonchev–Trinajstić information content (AvgIpc) is 2.76. The number of halogens is 1. The number of amides is 2. The van der Waals surface area contributed by atoms with Crippen LogP contribution in [0.5, 0.6) is 0 Å². The number of aliphatic imine (C=N–C) groups is 1. The fraction of sp³-hybridized carbons (Fsp3) is 0. The van der Waals surface area contributed by atoms with Gasteiger partial charge < -0.3 is 0 Å². The number of carbonyl (C=O) groups excluding carboxylic acids is 2. The summed E-state index contributed by atoms with van der Waals surface area (Å²) >= 11 is 0. The molecular formula is C23H16FN3O2. The van der Waals surface area contributed by atoms with Gasteiger partial charge >= 0.3 is 0 Å². The van der Waals surface area contributed by atoms with Crippen molar-refractivity contribution in [3.63, 3.8) is 0 Å². The third-order valence-corrected chi connectivity index (χ3v) is 4.31. The topological polar surface area (TPSA) is 61.8 Å². The molecule has 0 atom stereocenters. The summed E-state index contributed by atoms with van der Waals surface area (Å²) in [5.41, 5.74) is 4.47. The second kappa shape index (κ2) is 7.90. The molecule has 0 saturated carbocycles. The Bertz CT molecular complexity index is 1110. The predicted octanol–water partition coefficient (Wildman–Crippen LogP) is 3.80. The lowest BCUT2D eigenvalue weighted by molar-refractivity contribution is -0.120. The van der Waals surface area contributed by atoms with Crippen LogP contribution in [-0.4, -0.2) is 22.7 Å². The van der Waals surface area contributed by atoms with Crippen molar-refractivity contribution in [2.75, 3.05) is 0 Å². The largest absolute Gasteiger partial charge is 0.288 e. The number of hydrogen-bond acceptors (Lipinski definition) is 3. The van der Waals surface area contributed by atoms with E-state index in [0.717, 1.165) is 10.6 Å². The average molecular weight is 385 g/mol. The summed E-state index contributed by atoms with van der Waals surface area (Å²) < 4.78 is 13.2. The monoisotopic (exact) mass is 385 g/mol. The summed E-state index contributed by atoms with van der Waals surface area (Å²) in [5.74, 6) is -1.19. The molecule has 1 heterocycles. The molecule has 0 saturated heterocycles. The van der Waals surface area contributed by atoms with E-state index >= 15 is 0 Å². The number of hydrogen-bond donors (Lipinski definition) is 1. The summed E-state index contributed by atoms with van der Waals surface area (Å²) in [6.45, 7) is 0. The molecule has 0 fully saturated rings. The van der Waals surface area contributed by atoms with E-state index in [-0.39, 0.29) is 17.1 Å². The molecule has 29 heavy (non-hydrogen) atoms. The van der Waals surface area contributed by atoms with Gasteiger partial charge in [0.1, 0.15) is 11.5 Å². The van der Waals surface area contributed by atoms with Gasteiger partial charge in [-0.1, -0.05) is 60.7 Å².